The standard InChI is InChI=1S/C54H35FN2O/c55-41-25-32-47-46-13-5-8-16-51(46)57(52(47)35-41)50-15-7-4-12-45(50)39-22-30-44(31-23-39)56(42-26-18-37(19-27-42)36-10-2-1-3-11-36)43-28-20-38(21-29-43)40-24-33-54-49(34-40)48-14-6-9-17-53(48)58-54/h1-35H. The molecule has 0 aliphatic rings. The van der Waals surface area contributed by atoms with E-state index in [-0.39, 0.29) is 5.82 Å². The van der Waals surface area contributed by atoms with Gasteiger partial charge in [0.05, 0.1) is 16.7 Å². The van der Waals surface area contributed by atoms with E-state index in [1.807, 2.05) is 42.5 Å². The molecule has 274 valence electrons. The van der Waals surface area contributed by atoms with Crippen LogP contribution in [-0.4, -0.2) is 4.57 Å². The summed E-state index contributed by atoms with van der Waals surface area (Å²) in [7, 11) is 0. The van der Waals surface area contributed by atoms with Gasteiger partial charge in [-0.05, 0) is 113 Å². The van der Waals surface area contributed by atoms with Gasteiger partial charge in [-0.2, -0.15) is 0 Å². The lowest BCUT2D eigenvalue weighted by molar-refractivity contribution is 0.629. The lowest BCUT2D eigenvalue weighted by Crippen LogP contribution is -2.09. The number of fused-ring (bicyclic) bond motifs is 6. The Morgan fingerprint density at radius 2 is 0.897 bits per heavy atom. The van der Waals surface area contributed by atoms with E-state index >= 15 is 0 Å². The fourth-order valence-electron chi connectivity index (χ4n) is 8.50. The lowest BCUT2D eigenvalue weighted by atomic mass is 10.0. The molecule has 0 aliphatic heterocycles. The molecule has 0 bridgehead atoms. The molecule has 0 atom stereocenters. The molecule has 0 spiro atoms. The molecular formula is C54H35FN2O. The zero-order valence-corrected chi connectivity index (χ0v) is 31.4. The smallest absolute Gasteiger partial charge is 0.135 e. The molecule has 58 heavy (non-hydrogen) atoms. The molecule has 0 unspecified atom stereocenters. The quantitative estimate of drug-likeness (QED) is 0.162. The molecule has 0 radical (unpaired) electrons. The fraction of sp³-hybridized carbons (Fsp3) is 0. The first-order valence-electron chi connectivity index (χ1n) is 19.5. The summed E-state index contributed by atoms with van der Waals surface area (Å²) in [5.74, 6) is -0.254. The van der Waals surface area contributed by atoms with E-state index in [2.05, 4.69) is 167 Å². The Morgan fingerprint density at radius 1 is 0.362 bits per heavy atom. The van der Waals surface area contributed by atoms with Crippen LogP contribution in [0, 0.1) is 5.82 Å². The maximum Gasteiger partial charge on any atom is 0.135 e. The fourth-order valence-corrected chi connectivity index (χ4v) is 8.50. The summed E-state index contributed by atoms with van der Waals surface area (Å²) in [6, 6.07) is 73.1. The number of hydrogen-bond donors (Lipinski definition) is 0. The van der Waals surface area contributed by atoms with Crippen LogP contribution in [0.25, 0.3) is 82.8 Å². The molecule has 0 N–H and O–H groups in total. The summed E-state index contributed by atoms with van der Waals surface area (Å²) in [5, 5.41) is 4.36. The largest absolute Gasteiger partial charge is 0.456 e. The van der Waals surface area contributed by atoms with Crippen molar-refractivity contribution in [1.82, 2.24) is 4.57 Å². The molecule has 0 saturated carbocycles. The maximum absolute atomic E-state index is 14.8. The number of furan rings is 1. The molecule has 0 amide bonds. The molecule has 2 heterocycles. The van der Waals surface area contributed by atoms with Gasteiger partial charge in [-0.15, -0.1) is 0 Å². The maximum atomic E-state index is 14.8. The van der Waals surface area contributed by atoms with Crippen molar-refractivity contribution >= 4 is 60.8 Å². The molecule has 11 rings (SSSR count). The number of anilines is 3. The molecule has 11 aromatic rings. The highest BCUT2D eigenvalue weighted by Crippen LogP contribution is 2.41. The van der Waals surface area contributed by atoms with Crippen LogP contribution < -0.4 is 4.90 Å². The monoisotopic (exact) mass is 746 g/mol. The number of hydrogen-bond acceptors (Lipinski definition) is 2. The predicted octanol–water partition coefficient (Wildman–Crippen LogP) is 15.3. The molecule has 4 heteroatoms. The minimum Gasteiger partial charge on any atom is -0.456 e. The molecule has 3 nitrogen and oxygen atoms in total. The molecule has 0 aliphatic carbocycles. The summed E-state index contributed by atoms with van der Waals surface area (Å²) in [6.07, 6.45) is 0. The average Bonchev–Trinajstić information content (AvgIpc) is 3.82. The second-order valence-corrected chi connectivity index (χ2v) is 14.7. The third-order valence-electron chi connectivity index (χ3n) is 11.3. The minimum absolute atomic E-state index is 0.254. The highest BCUT2D eigenvalue weighted by atomic mass is 19.1. The zero-order chi connectivity index (χ0) is 38.6. The van der Waals surface area contributed by atoms with Crippen LogP contribution >= 0.6 is 0 Å². The van der Waals surface area contributed by atoms with E-state index in [4.69, 9.17) is 4.42 Å². The molecule has 0 fully saturated rings. The van der Waals surface area contributed by atoms with Gasteiger partial charge in [-0.25, -0.2) is 4.39 Å². The van der Waals surface area contributed by atoms with Gasteiger partial charge >= 0.3 is 0 Å². The normalized spacial score (nSPS) is 11.5. The second-order valence-electron chi connectivity index (χ2n) is 14.7. The number of para-hydroxylation sites is 3. The number of aromatic nitrogens is 1. The van der Waals surface area contributed by atoms with Crippen molar-refractivity contribution in [3.63, 3.8) is 0 Å². The summed E-state index contributed by atoms with van der Waals surface area (Å²) in [4.78, 5) is 2.30. The van der Waals surface area contributed by atoms with E-state index in [0.29, 0.717) is 0 Å². The van der Waals surface area contributed by atoms with Gasteiger partial charge in [-0.1, -0.05) is 127 Å². The summed E-state index contributed by atoms with van der Waals surface area (Å²) in [5.41, 5.74) is 14.6. The van der Waals surface area contributed by atoms with Crippen LogP contribution in [0.2, 0.25) is 0 Å². The SMILES string of the molecule is Fc1ccc2c3ccccc3n(-c3ccccc3-c3ccc(N(c4ccc(-c5ccccc5)cc4)c4ccc(-c5ccc6oc7ccccc7c6c5)cc4)cc3)c2c1. The summed E-state index contributed by atoms with van der Waals surface area (Å²) in [6.45, 7) is 0. The topological polar surface area (TPSA) is 21.3 Å². The van der Waals surface area contributed by atoms with Crippen LogP contribution in [0.5, 0.6) is 0 Å². The third kappa shape index (κ3) is 5.74. The van der Waals surface area contributed by atoms with Crippen molar-refractivity contribution in [2.75, 3.05) is 4.90 Å². The molecular weight excluding hydrogens is 712 g/mol. The molecule has 2 aromatic heterocycles. The Balaban J connectivity index is 0.994. The minimum atomic E-state index is -0.254. The highest BCUT2D eigenvalue weighted by Gasteiger charge is 2.18. The van der Waals surface area contributed by atoms with Crippen molar-refractivity contribution < 1.29 is 8.81 Å². The van der Waals surface area contributed by atoms with E-state index in [1.54, 1.807) is 12.1 Å². The third-order valence-corrected chi connectivity index (χ3v) is 11.3. The van der Waals surface area contributed by atoms with E-state index in [1.165, 1.54) is 11.1 Å². The molecule has 0 saturated heterocycles. The van der Waals surface area contributed by atoms with Gasteiger partial charge in [0.15, 0.2) is 0 Å². The Morgan fingerprint density at radius 3 is 1.64 bits per heavy atom. The van der Waals surface area contributed by atoms with Gasteiger partial charge in [0.25, 0.3) is 0 Å². The molecule has 9 aromatic carbocycles. The van der Waals surface area contributed by atoms with Gasteiger partial charge in [0.1, 0.15) is 17.0 Å². The Labute approximate surface area is 335 Å². The van der Waals surface area contributed by atoms with Crippen molar-refractivity contribution in [3.8, 4) is 39.1 Å². The van der Waals surface area contributed by atoms with Gasteiger partial charge in [0, 0.05) is 44.2 Å². The van der Waals surface area contributed by atoms with Crippen LogP contribution in [0.3, 0.4) is 0 Å². The van der Waals surface area contributed by atoms with Gasteiger partial charge < -0.3 is 13.9 Å². The van der Waals surface area contributed by atoms with Gasteiger partial charge in [0.2, 0.25) is 0 Å². The first kappa shape index (κ1) is 33.6. The summed E-state index contributed by atoms with van der Waals surface area (Å²) >= 11 is 0. The van der Waals surface area contributed by atoms with Gasteiger partial charge in [-0.3, -0.25) is 0 Å². The average molecular weight is 747 g/mol. The summed E-state index contributed by atoms with van der Waals surface area (Å²) < 4.78 is 23.1. The lowest BCUT2D eigenvalue weighted by Gasteiger charge is -2.26. The zero-order valence-electron chi connectivity index (χ0n) is 31.4. The van der Waals surface area contributed by atoms with Crippen LogP contribution in [0.4, 0.5) is 21.5 Å². The van der Waals surface area contributed by atoms with Crippen molar-refractivity contribution in [2.24, 2.45) is 0 Å². The second kappa shape index (κ2) is 13.8. The first-order valence-corrected chi connectivity index (χ1v) is 19.5. The number of benzene rings is 9. The first-order chi connectivity index (χ1) is 28.7. The van der Waals surface area contributed by atoms with Crippen molar-refractivity contribution in [3.05, 3.63) is 218 Å². The Hall–Kier alpha value is -7.69. The van der Waals surface area contributed by atoms with Crippen LogP contribution in [-0.2, 0) is 0 Å². The van der Waals surface area contributed by atoms with E-state index in [0.717, 1.165) is 88.7 Å². The van der Waals surface area contributed by atoms with Crippen LogP contribution in [0.1, 0.15) is 0 Å². The Kier molecular flexibility index (Phi) is 8.00. The van der Waals surface area contributed by atoms with Crippen molar-refractivity contribution in [2.45, 2.75) is 0 Å². The number of nitrogens with zero attached hydrogens (tertiary/aromatic N) is 2. The van der Waals surface area contributed by atoms with Crippen LogP contribution in [0.15, 0.2) is 217 Å². The number of halogens is 1. The van der Waals surface area contributed by atoms with E-state index in [9.17, 15) is 4.39 Å². The number of rotatable bonds is 7. The Bertz CT molecular complexity index is 3270. The van der Waals surface area contributed by atoms with Crippen molar-refractivity contribution in [1.29, 1.82) is 0 Å². The highest BCUT2D eigenvalue weighted by molar-refractivity contribution is 6.10. The van der Waals surface area contributed by atoms with E-state index < -0.39 is 0 Å². The predicted molar refractivity (Wildman–Crippen MR) is 239 cm³/mol.